The summed E-state index contributed by atoms with van der Waals surface area (Å²) in [6, 6.07) is 0. The smallest absolute Gasteiger partial charge is 0.472 e. The van der Waals surface area contributed by atoms with Gasteiger partial charge in [-0.25, -0.2) is 4.57 Å². The van der Waals surface area contributed by atoms with Gasteiger partial charge in [0.1, 0.15) is 6.61 Å². The first kappa shape index (κ1) is 49.8. The van der Waals surface area contributed by atoms with Gasteiger partial charge in [-0.1, -0.05) is 158 Å². The Hall–Kier alpha value is -2.22. The molecule has 0 radical (unpaired) electrons. The third kappa shape index (κ3) is 39.0. The first-order chi connectivity index (χ1) is 25.4. The second-order valence-corrected chi connectivity index (χ2v) is 14.7. The predicted molar refractivity (Wildman–Crippen MR) is 219 cm³/mol. The number of hydrogen-bond donors (Lipinski definition) is 2. The molecule has 0 saturated heterocycles. The van der Waals surface area contributed by atoms with Gasteiger partial charge >= 0.3 is 13.8 Å². The van der Waals surface area contributed by atoms with E-state index < -0.39 is 13.9 Å². The quantitative estimate of drug-likeness (QED) is 0.0211. The Kier molecular flexibility index (Phi) is 38.3. The van der Waals surface area contributed by atoms with E-state index in [2.05, 4.69) is 62.5 Å². The zero-order chi connectivity index (χ0) is 38.1. The molecule has 0 saturated carbocycles. The number of unbranched alkanes of at least 4 members (excludes halogenated alkanes) is 15. The second-order valence-electron chi connectivity index (χ2n) is 13.2. The molecule has 0 aromatic rings. The molecule has 9 heteroatoms. The minimum atomic E-state index is -4.28. The molecular weight excluding hydrogens is 673 g/mol. The number of nitrogens with two attached hydrogens (primary N) is 1. The summed E-state index contributed by atoms with van der Waals surface area (Å²) in [6.45, 7) is 4.09. The molecule has 0 aliphatic rings. The van der Waals surface area contributed by atoms with Crippen LogP contribution in [0.2, 0.25) is 0 Å². The van der Waals surface area contributed by atoms with E-state index in [0.717, 1.165) is 38.5 Å². The Balaban J connectivity index is 4.25. The molecule has 0 bridgehead atoms. The zero-order valence-corrected chi connectivity index (χ0v) is 33.9. The van der Waals surface area contributed by atoms with Gasteiger partial charge in [0.2, 0.25) is 0 Å². The molecule has 52 heavy (non-hydrogen) atoms. The number of allylic oxidation sites excluding steroid dienone is 11. The number of ether oxygens (including phenoxy) is 2. The maximum absolute atomic E-state index is 12.3. The molecule has 0 aromatic carbocycles. The maximum Gasteiger partial charge on any atom is 0.472 e. The van der Waals surface area contributed by atoms with Crippen LogP contribution in [0.25, 0.3) is 0 Å². The molecule has 0 amide bonds. The number of esters is 1. The van der Waals surface area contributed by atoms with Crippen molar-refractivity contribution in [2.24, 2.45) is 5.73 Å². The third-order valence-corrected chi connectivity index (χ3v) is 9.21. The van der Waals surface area contributed by atoms with E-state index in [4.69, 9.17) is 24.3 Å². The van der Waals surface area contributed by atoms with E-state index in [0.29, 0.717) is 6.42 Å². The molecule has 0 fully saturated rings. The van der Waals surface area contributed by atoms with E-state index in [-0.39, 0.29) is 38.8 Å². The van der Waals surface area contributed by atoms with Crippen molar-refractivity contribution in [1.29, 1.82) is 0 Å². The Morgan fingerprint density at radius 2 is 1.04 bits per heavy atom. The molecule has 0 aliphatic carbocycles. The molecular formula is C43H76NO7P. The SMILES string of the molecule is CCCCCC=CCC=CCC=CCC=CCC=CCCC(=O)OC[C@H](COP(=O)(O)OCCN)OC=CCCCCCCCCCCCCCC. The second kappa shape index (κ2) is 40.0. The number of rotatable bonds is 38. The number of phosphoric acid groups is 1. The number of hydrogen-bond acceptors (Lipinski definition) is 7. The van der Waals surface area contributed by atoms with Crippen LogP contribution in [0, 0.1) is 0 Å². The van der Waals surface area contributed by atoms with E-state index in [1.54, 1.807) is 6.26 Å². The summed E-state index contributed by atoms with van der Waals surface area (Å²) in [5.41, 5.74) is 5.35. The topological polar surface area (TPSA) is 117 Å². The maximum atomic E-state index is 12.3. The standard InChI is InChI=1S/C43H76NO7P/c1-3-5-7-9-11-13-15-17-19-20-21-22-23-24-26-28-30-32-34-36-43(45)49-40-42(41-51-52(46,47)50-39-37-44)48-38-35-33-31-29-27-25-18-16-14-12-10-8-6-4-2/h11,13,17,19,21-22,24,26,30,32,35,38,42H,3-10,12,14-16,18,20,23,25,27-29,31,33-34,36-37,39-41,44H2,1-2H3,(H,46,47)/t42-/m1/s1. The van der Waals surface area contributed by atoms with Crippen molar-refractivity contribution in [2.75, 3.05) is 26.4 Å². The van der Waals surface area contributed by atoms with Crippen molar-refractivity contribution >= 4 is 13.8 Å². The van der Waals surface area contributed by atoms with Crippen LogP contribution in [0.15, 0.2) is 73.1 Å². The van der Waals surface area contributed by atoms with E-state index >= 15 is 0 Å². The van der Waals surface area contributed by atoms with Gasteiger partial charge in [0.15, 0.2) is 6.10 Å². The van der Waals surface area contributed by atoms with Crippen molar-refractivity contribution in [3.63, 3.8) is 0 Å². The van der Waals surface area contributed by atoms with Gasteiger partial charge < -0.3 is 20.1 Å². The molecule has 300 valence electrons. The molecule has 3 N–H and O–H groups in total. The van der Waals surface area contributed by atoms with Crippen LogP contribution in [-0.4, -0.2) is 43.3 Å². The first-order valence-corrected chi connectivity index (χ1v) is 22.0. The number of carbonyl (C=O) groups excluding carboxylic acids is 1. The fourth-order valence-electron chi connectivity index (χ4n) is 5.14. The molecule has 1 unspecified atom stereocenters. The van der Waals surface area contributed by atoms with Crippen molar-refractivity contribution in [3.8, 4) is 0 Å². The third-order valence-electron chi connectivity index (χ3n) is 8.23. The molecule has 0 heterocycles. The Morgan fingerprint density at radius 3 is 1.58 bits per heavy atom. The highest BCUT2D eigenvalue weighted by atomic mass is 31.2. The summed E-state index contributed by atoms with van der Waals surface area (Å²) < 4.78 is 33.0. The highest BCUT2D eigenvalue weighted by molar-refractivity contribution is 7.47. The summed E-state index contributed by atoms with van der Waals surface area (Å²) in [6.07, 6.45) is 50.3. The number of phosphoric ester groups is 1. The summed E-state index contributed by atoms with van der Waals surface area (Å²) in [4.78, 5) is 22.2. The minimum absolute atomic E-state index is 0.0886. The lowest BCUT2D eigenvalue weighted by atomic mass is 10.0. The van der Waals surface area contributed by atoms with Crippen LogP contribution in [0.4, 0.5) is 0 Å². The Bertz CT molecular complexity index is 1020. The van der Waals surface area contributed by atoms with Gasteiger partial charge in [-0.2, -0.15) is 0 Å². The van der Waals surface area contributed by atoms with Crippen LogP contribution < -0.4 is 5.73 Å². The predicted octanol–water partition coefficient (Wildman–Crippen LogP) is 12.3. The fraction of sp³-hybridized carbons (Fsp3) is 0.698. The van der Waals surface area contributed by atoms with E-state index in [1.807, 2.05) is 18.2 Å². The summed E-state index contributed by atoms with van der Waals surface area (Å²) in [5.74, 6) is -0.372. The fourth-order valence-corrected chi connectivity index (χ4v) is 5.90. The largest absolute Gasteiger partial charge is 0.492 e. The molecule has 0 aromatic heterocycles. The van der Waals surface area contributed by atoms with Crippen LogP contribution >= 0.6 is 7.82 Å². The van der Waals surface area contributed by atoms with Crippen LogP contribution in [0.5, 0.6) is 0 Å². The van der Waals surface area contributed by atoms with Crippen LogP contribution in [0.3, 0.4) is 0 Å². The lowest BCUT2D eigenvalue weighted by molar-refractivity contribution is -0.147. The molecule has 8 nitrogen and oxygen atoms in total. The first-order valence-electron chi connectivity index (χ1n) is 20.5. The number of carbonyl (C=O) groups is 1. The molecule has 0 rings (SSSR count). The lowest BCUT2D eigenvalue weighted by Gasteiger charge is -2.19. The van der Waals surface area contributed by atoms with E-state index in [1.165, 1.54) is 96.3 Å². The minimum Gasteiger partial charge on any atom is -0.492 e. The monoisotopic (exact) mass is 750 g/mol. The Morgan fingerprint density at radius 1 is 0.596 bits per heavy atom. The molecule has 0 spiro atoms. The van der Waals surface area contributed by atoms with Gasteiger partial charge in [-0.05, 0) is 63.9 Å². The van der Waals surface area contributed by atoms with Crippen molar-refractivity contribution in [2.45, 2.75) is 168 Å². The summed E-state index contributed by atoms with van der Waals surface area (Å²) in [7, 11) is -4.28. The summed E-state index contributed by atoms with van der Waals surface area (Å²) in [5, 5.41) is 0. The van der Waals surface area contributed by atoms with Gasteiger partial charge in [0.25, 0.3) is 0 Å². The average molecular weight is 750 g/mol. The van der Waals surface area contributed by atoms with Crippen molar-refractivity contribution in [1.82, 2.24) is 0 Å². The van der Waals surface area contributed by atoms with Crippen molar-refractivity contribution < 1.29 is 32.8 Å². The van der Waals surface area contributed by atoms with Gasteiger partial charge in [0, 0.05) is 13.0 Å². The zero-order valence-electron chi connectivity index (χ0n) is 33.0. The van der Waals surface area contributed by atoms with Gasteiger partial charge in [-0.15, -0.1) is 0 Å². The van der Waals surface area contributed by atoms with Gasteiger partial charge in [-0.3, -0.25) is 13.8 Å². The van der Waals surface area contributed by atoms with Crippen LogP contribution in [-0.2, 0) is 27.9 Å². The van der Waals surface area contributed by atoms with Crippen LogP contribution in [0.1, 0.15) is 162 Å². The highest BCUT2D eigenvalue weighted by Crippen LogP contribution is 2.43. The van der Waals surface area contributed by atoms with Gasteiger partial charge in [0.05, 0.1) is 19.5 Å². The molecule has 0 aliphatic heterocycles. The van der Waals surface area contributed by atoms with Crippen molar-refractivity contribution in [3.05, 3.63) is 73.1 Å². The highest BCUT2D eigenvalue weighted by Gasteiger charge is 2.24. The summed E-state index contributed by atoms with van der Waals surface area (Å²) >= 11 is 0. The lowest BCUT2D eigenvalue weighted by Crippen LogP contribution is -2.25. The van der Waals surface area contributed by atoms with E-state index in [9.17, 15) is 14.3 Å². The molecule has 2 atom stereocenters. The normalized spacial score (nSPS) is 14.2. The Labute approximate surface area is 318 Å². The average Bonchev–Trinajstić information content (AvgIpc) is 3.14.